The van der Waals surface area contributed by atoms with E-state index in [1.54, 1.807) is 11.3 Å². The van der Waals surface area contributed by atoms with Crippen molar-refractivity contribution in [1.29, 1.82) is 0 Å². The molecule has 0 saturated heterocycles. The van der Waals surface area contributed by atoms with Crippen LogP contribution in [0.4, 0.5) is 8.78 Å². The molecule has 0 atom stereocenters. The van der Waals surface area contributed by atoms with E-state index < -0.39 is 23.0 Å². The third-order valence-corrected chi connectivity index (χ3v) is 6.80. The molecular formula is C27H23F2NOS. The van der Waals surface area contributed by atoms with Crippen LogP contribution in [-0.2, 0) is 6.42 Å². The van der Waals surface area contributed by atoms with Gasteiger partial charge in [-0.25, -0.2) is 13.8 Å². The topological polar surface area (TPSA) is 30.0 Å². The van der Waals surface area contributed by atoms with Gasteiger partial charge in [0.25, 0.3) is 0 Å². The number of halogens is 2. The lowest BCUT2D eigenvalue weighted by Gasteiger charge is -2.10. The monoisotopic (exact) mass is 447 g/mol. The highest BCUT2D eigenvalue weighted by Gasteiger charge is 2.17. The van der Waals surface area contributed by atoms with Gasteiger partial charge in [0, 0.05) is 23.1 Å². The highest BCUT2D eigenvalue weighted by atomic mass is 32.1. The molecule has 0 fully saturated rings. The van der Waals surface area contributed by atoms with Crippen molar-refractivity contribution in [3.63, 3.8) is 0 Å². The number of aromatic nitrogens is 1. The Hall–Kier alpha value is -3.18. The summed E-state index contributed by atoms with van der Waals surface area (Å²) in [5, 5.41) is 0.990. The zero-order valence-electron chi connectivity index (χ0n) is 18.2. The Morgan fingerprint density at radius 3 is 2.25 bits per heavy atom. The van der Waals surface area contributed by atoms with Crippen molar-refractivity contribution < 1.29 is 13.6 Å². The van der Waals surface area contributed by atoms with Crippen LogP contribution < -0.4 is 0 Å². The minimum absolute atomic E-state index is 0.0613. The Labute approximate surface area is 190 Å². The normalized spacial score (nSPS) is 11.2. The van der Waals surface area contributed by atoms with Gasteiger partial charge in [-0.3, -0.25) is 4.79 Å². The molecule has 0 aliphatic rings. The zero-order valence-corrected chi connectivity index (χ0v) is 19.0. The van der Waals surface area contributed by atoms with E-state index in [0.29, 0.717) is 11.5 Å². The third-order valence-electron chi connectivity index (χ3n) is 5.45. The molecular weight excluding hydrogens is 424 g/mol. The summed E-state index contributed by atoms with van der Waals surface area (Å²) < 4.78 is 27.8. The van der Waals surface area contributed by atoms with Crippen molar-refractivity contribution in [3.05, 3.63) is 100 Å². The molecule has 162 valence electrons. The van der Waals surface area contributed by atoms with E-state index in [0.717, 1.165) is 39.4 Å². The number of Topliss-reactive ketones (excluding diaryl/α,β-unsaturated/α-hetero) is 1. The van der Waals surface area contributed by atoms with Crippen molar-refractivity contribution >= 4 is 17.1 Å². The van der Waals surface area contributed by atoms with Gasteiger partial charge in [-0.15, -0.1) is 11.3 Å². The number of aryl methyl sites for hydroxylation is 1. The summed E-state index contributed by atoms with van der Waals surface area (Å²) >= 11 is 1.70. The molecule has 0 saturated carbocycles. The predicted molar refractivity (Wildman–Crippen MR) is 126 cm³/mol. The van der Waals surface area contributed by atoms with Gasteiger partial charge >= 0.3 is 0 Å². The maximum Gasteiger partial charge on any atom is 0.173 e. The average Bonchev–Trinajstić information content (AvgIpc) is 3.25. The lowest BCUT2D eigenvalue weighted by molar-refractivity contribution is 0.0985. The molecule has 1 aromatic heterocycles. The molecule has 1 heterocycles. The summed E-state index contributed by atoms with van der Waals surface area (Å²) in [6.07, 6.45) is 1.88. The molecule has 3 aromatic carbocycles. The summed E-state index contributed by atoms with van der Waals surface area (Å²) in [6, 6.07) is 17.3. The Kier molecular flexibility index (Phi) is 6.28. The minimum Gasteiger partial charge on any atom is -0.294 e. The van der Waals surface area contributed by atoms with Crippen molar-refractivity contribution in [1.82, 2.24) is 4.98 Å². The van der Waals surface area contributed by atoms with E-state index in [1.165, 1.54) is 10.9 Å². The van der Waals surface area contributed by atoms with E-state index in [2.05, 4.69) is 44.0 Å². The fraction of sp³-hybridized carbons (Fsp3) is 0.185. The molecule has 2 nitrogen and oxygen atoms in total. The van der Waals surface area contributed by atoms with Crippen LogP contribution in [0.2, 0.25) is 0 Å². The van der Waals surface area contributed by atoms with Gasteiger partial charge in [0.05, 0.1) is 5.56 Å². The Balaban J connectivity index is 1.58. The minimum atomic E-state index is -0.832. The van der Waals surface area contributed by atoms with E-state index in [9.17, 15) is 13.6 Å². The molecule has 0 bridgehead atoms. The van der Waals surface area contributed by atoms with Crippen LogP contribution in [0.5, 0.6) is 0 Å². The second-order valence-corrected chi connectivity index (χ2v) is 9.21. The van der Waals surface area contributed by atoms with Gasteiger partial charge in [0.15, 0.2) is 5.78 Å². The first kappa shape index (κ1) is 22.0. The largest absolute Gasteiger partial charge is 0.294 e. The van der Waals surface area contributed by atoms with Crippen molar-refractivity contribution in [3.8, 4) is 21.7 Å². The first-order chi connectivity index (χ1) is 15.3. The summed E-state index contributed by atoms with van der Waals surface area (Å²) in [7, 11) is 0. The molecule has 0 spiro atoms. The number of thiazole rings is 1. The van der Waals surface area contributed by atoms with Gasteiger partial charge in [-0.2, -0.15) is 0 Å². The maximum absolute atomic E-state index is 13.9. The first-order valence-electron chi connectivity index (χ1n) is 10.5. The number of carbonyl (C=O) groups excluding carboxylic acids is 1. The zero-order chi connectivity index (χ0) is 22.8. The van der Waals surface area contributed by atoms with E-state index >= 15 is 0 Å². The Bertz CT molecular complexity index is 1260. The molecule has 0 amide bonds. The molecule has 4 aromatic rings. The van der Waals surface area contributed by atoms with Crippen LogP contribution >= 0.6 is 11.3 Å². The second kappa shape index (κ2) is 9.13. The molecule has 32 heavy (non-hydrogen) atoms. The van der Waals surface area contributed by atoms with Gasteiger partial charge in [0.2, 0.25) is 0 Å². The van der Waals surface area contributed by atoms with E-state index in [-0.39, 0.29) is 6.42 Å². The molecule has 5 heteroatoms. The molecule has 0 radical (unpaired) electrons. The fourth-order valence-electron chi connectivity index (χ4n) is 3.59. The van der Waals surface area contributed by atoms with Gasteiger partial charge in [0.1, 0.15) is 16.6 Å². The van der Waals surface area contributed by atoms with Crippen LogP contribution in [0.1, 0.15) is 46.1 Å². The maximum atomic E-state index is 13.9. The van der Waals surface area contributed by atoms with Crippen molar-refractivity contribution in [2.75, 3.05) is 0 Å². The molecule has 0 aliphatic heterocycles. The predicted octanol–water partition coefficient (Wildman–Crippen LogP) is 7.61. The molecule has 0 N–H and O–H groups in total. The summed E-state index contributed by atoms with van der Waals surface area (Å²) in [5.41, 5.74) is 4.52. The first-order valence-corrected chi connectivity index (χ1v) is 11.3. The van der Waals surface area contributed by atoms with Gasteiger partial charge in [-0.1, -0.05) is 56.3 Å². The highest BCUT2D eigenvalue weighted by Crippen LogP contribution is 2.33. The summed E-state index contributed by atoms with van der Waals surface area (Å²) in [4.78, 5) is 18.3. The van der Waals surface area contributed by atoms with Gasteiger partial charge < -0.3 is 0 Å². The van der Waals surface area contributed by atoms with Crippen LogP contribution in [0.15, 0.2) is 66.9 Å². The van der Waals surface area contributed by atoms with Crippen LogP contribution in [0.3, 0.4) is 0 Å². The second-order valence-electron chi connectivity index (χ2n) is 8.15. The average molecular weight is 448 g/mol. The van der Waals surface area contributed by atoms with Gasteiger partial charge in [-0.05, 0) is 53.3 Å². The van der Waals surface area contributed by atoms with E-state index in [1.807, 2.05) is 30.5 Å². The number of benzene rings is 3. The Morgan fingerprint density at radius 1 is 0.969 bits per heavy atom. The number of ketones is 1. The quantitative estimate of drug-likeness (QED) is 0.285. The lowest BCUT2D eigenvalue weighted by atomic mass is 9.96. The van der Waals surface area contributed by atoms with Crippen LogP contribution in [0.25, 0.3) is 21.7 Å². The standard InChI is InChI=1S/C27H23F2NOS/c1-16(2)25-15-30-27(32-25)20-10-7-17(3)21(14-20)19-11-8-18(9-12-19)13-24(31)26-22(28)5-4-6-23(26)29/h4-12,14-16H,13H2,1-3H3. The van der Waals surface area contributed by atoms with Crippen LogP contribution in [0, 0.1) is 18.6 Å². The number of hydrogen-bond acceptors (Lipinski definition) is 3. The summed E-state index contributed by atoms with van der Waals surface area (Å²) in [5.74, 6) is -1.79. The smallest absolute Gasteiger partial charge is 0.173 e. The van der Waals surface area contributed by atoms with Crippen molar-refractivity contribution in [2.45, 2.75) is 33.1 Å². The lowest BCUT2D eigenvalue weighted by Crippen LogP contribution is -2.09. The van der Waals surface area contributed by atoms with E-state index in [4.69, 9.17) is 0 Å². The third kappa shape index (κ3) is 4.53. The highest BCUT2D eigenvalue weighted by molar-refractivity contribution is 7.15. The van der Waals surface area contributed by atoms with Crippen LogP contribution in [-0.4, -0.2) is 10.8 Å². The Morgan fingerprint density at radius 2 is 1.62 bits per heavy atom. The fourth-order valence-corrected chi connectivity index (χ4v) is 4.51. The number of nitrogens with zero attached hydrogens (tertiary/aromatic N) is 1. The molecule has 4 rings (SSSR count). The SMILES string of the molecule is Cc1ccc(-c2ncc(C(C)C)s2)cc1-c1ccc(CC(=O)c2c(F)cccc2F)cc1. The molecule has 0 aliphatic carbocycles. The summed E-state index contributed by atoms with van der Waals surface area (Å²) in [6.45, 7) is 6.37. The van der Waals surface area contributed by atoms with Crippen molar-refractivity contribution in [2.24, 2.45) is 0 Å². The number of rotatable bonds is 6. The molecule has 0 unspecified atom stereocenters. The number of hydrogen-bond donors (Lipinski definition) is 0. The number of carbonyl (C=O) groups is 1.